The van der Waals surface area contributed by atoms with Crippen molar-refractivity contribution in [3.05, 3.63) is 53.1 Å². The second-order valence-corrected chi connectivity index (χ2v) is 6.68. The van der Waals surface area contributed by atoms with E-state index in [0.717, 1.165) is 53.2 Å². The van der Waals surface area contributed by atoms with E-state index in [1.54, 1.807) is 0 Å². The highest BCUT2D eigenvalue weighted by Crippen LogP contribution is 2.30. The molecule has 4 rings (SSSR count). The van der Waals surface area contributed by atoms with E-state index in [4.69, 9.17) is 9.72 Å². The van der Waals surface area contributed by atoms with Gasteiger partial charge >= 0.3 is 0 Å². The molecule has 3 heterocycles. The summed E-state index contributed by atoms with van der Waals surface area (Å²) in [6, 6.07) is 14.3. The van der Waals surface area contributed by atoms with Gasteiger partial charge in [0.25, 0.3) is 0 Å². The van der Waals surface area contributed by atoms with E-state index in [-0.39, 0.29) is 6.10 Å². The van der Waals surface area contributed by atoms with E-state index in [1.807, 2.05) is 36.5 Å². The number of benzene rings is 1. The number of anilines is 1. The van der Waals surface area contributed by atoms with Gasteiger partial charge in [0.1, 0.15) is 17.2 Å². The Kier molecular flexibility index (Phi) is 4.06. The van der Waals surface area contributed by atoms with Crippen LogP contribution in [0.4, 0.5) is 5.82 Å². The molecular weight excluding hydrogens is 354 g/mol. The fraction of sp³-hybridized carbons (Fsp3) is 0.278. The summed E-state index contributed by atoms with van der Waals surface area (Å²) in [4.78, 5) is 4.81. The Bertz CT molecular complexity index is 810. The van der Waals surface area contributed by atoms with Gasteiger partial charge in [-0.2, -0.15) is 0 Å². The first-order valence-electron chi connectivity index (χ1n) is 7.90. The molecule has 118 valence electrons. The summed E-state index contributed by atoms with van der Waals surface area (Å²) in [6.07, 6.45) is 4.61. The van der Waals surface area contributed by atoms with Crippen LogP contribution in [0.5, 0.6) is 0 Å². The number of hydrogen-bond donors (Lipinski definition) is 1. The number of hydrogen-bond acceptors (Lipinski definition) is 3. The van der Waals surface area contributed by atoms with Crippen molar-refractivity contribution >= 4 is 27.4 Å². The highest BCUT2D eigenvalue weighted by molar-refractivity contribution is 9.10. The maximum absolute atomic E-state index is 5.73. The minimum Gasteiger partial charge on any atom is -0.376 e. The summed E-state index contributed by atoms with van der Waals surface area (Å²) in [6.45, 7) is 1.68. The lowest BCUT2D eigenvalue weighted by atomic mass is 10.1. The highest BCUT2D eigenvalue weighted by atomic mass is 79.9. The number of pyridine rings is 1. The first-order valence-corrected chi connectivity index (χ1v) is 8.69. The van der Waals surface area contributed by atoms with Crippen LogP contribution in [0.15, 0.2) is 53.1 Å². The third-order valence-electron chi connectivity index (χ3n) is 4.15. The SMILES string of the molecule is Brc1ccc2nc(-c3ccccc3)c(NCC3CCCO3)n2c1. The molecule has 0 radical (unpaired) electrons. The molecule has 0 amide bonds. The zero-order valence-corrected chi connectivity index (χ0v) is 14.3. The highest BCUT2D eigenvalue weighted by Gasteiger charge is 2.18. The lowest BCUT2D eigenvalue weighted by molar-refractivity contribution is 0.120. The average Bonchev–Trinajstić information content (AvgIpc) is 3.21. The van der Waals surface area contributed by atoms with E-state index in [9.17, 15) is 0 Å². The molecule has 1 N–H and O–H groups in total. The molecule has 23 heavy (non-hydrogen) atoms. The number of ether oxygens (including phenoxy) is 1. The average molecular weight is 372 g/mol. The van der Waals surface area contributed by atoms with Crippen LogP contribution >= 0.6 is 15.9 Å². The Balaban J connectivity index is 1.76. The van der Waals surface area contributed by atoms with Gasteiger partial charge in [-0.3, -0.25) is 4.40 Å². The fourth-order valence-electron chi connectivity index (χ4n) is 3.00. The summed E-state index contributed by atoms with van der Waals surface area (Å²) in [7, 11) is 0. The molecule has 1 fully saturated rings. The maximum Gasteiger partial charge on any atom is 0.139 e. The van der Waals surface area contributed by atoms with Gasteiger partial charge in [0.2, 0.25) is 0 Å². The number of imidazole rings is 1. The van der Waals surface area contributed by atoms with Crippen LogP contribution < -0.4 is 5.32 Å². The van der Waals surface area contributed by atoms with E-state index in [2.05, 4.69) is 37.8 Å². The molecule has 1 unspecified atom stereocenters. The van der Waals surface area contributed by atoms with Gasteiger partial charge < -0.3 is 10.1 Å². The molecule has 1 saturated heterocycles. The normalized spacial score (nSPS) is 17.7. The first kappa shape index (κ1) is 14.7. The van der Waals surface area contributed by atoms with Crippen molar-refractivity contribution in [2.75, 3.05) is 18.5 Å². The number of nitrogens with zero attached hydrogens (tertiary/aromatic N) is 2. The summed E-state index contributed by atoms with van der Waals surface area (Å²) in [5.74, 6) is 1.02. The predicted molar refractivity (Wildman–Crippen MR) is 95.8 cm³/mol. The molecular formula is C18H18BrN3O. The topological polar surface area (TPSA) is 38.6 Å². The Labute approximate surface area is 143 Å². The molecule has 4 nitrogen and oxygen atoms in total. The Morgan fingerprint density at radius 3 is 2.87 bits per heavy atom. The van der Waals surface area contributed by atoms with Crippen molar-refractivity contribution in [1.29, 1.82) is 0 Å². The monoisotopic (exact) mass is 371 g/mol. The lowest BCUT2D eigenvalue weighted by Gasteiger charge is -2.13. The largest absolute Gasteiger partial charge is 0.376 e. The molecule has 1 atom stereocenters. The number of fused-ring (bicyclic) bond motifs is 1. The molecule has 1 aromatic carbocycles. The standard InChI is InChI=1S/C18H18BrN3O/c19-14-8-9-16-21-17(13-5-2-1-3-6-13)18(22(16)12-14)20-11-15-7-4-10-23-15/h1-3,5-6,8-9,12,15,20H,4,7,10-11H2. The van der Waals surface area contributed by atoms with Crippen molar-refractivity contribution in [3.63, 3.8) is 0 Å². The van der Waals surface area contributed by atoms with Crippen LogP contribution in [0.1, 0.15) is 12.8 Å². The summed E-state index contributed by atoms with van der Waals surface area (Å²) < 4.78 is 8.86. The second-order valence-electron chi connectivity index (χ2n) is 5.77. The lowest BCUT2D eigenvalue weighted by Crippen LogP contribution is -2.19. The van der Waals surface area contributed by atoms with Crippen molar-refractivity contribution in [3.8, 4) is 11.3 Å². The maximum atomic E-state index is 5.73. The molecule has 0 bridgehead atoms. The Morgan fingerprint density at radius 2 is 2.09 bits per heavy atom. The molecule has 0 saturated carbocycles. The number of aromatic nitrogens is 2. The van der Waals surface area contributed by atoms with Gasteiger partial charge in [-0.05, 0) is 40.9 Å². The van der Waals surface area contributed by atoms with Gasteiger partial charge in [0, 0.05) is 29.4 Å². The summed E-state index contributed by atoms with van der Waals surface area (Å²) in [5, 5.41) is 3.56. The van der Waals surface area contributed by atoms with Gasteiger partial charge in [-0.1, -0.05) is 30.3 Å². The molecule has 2 aromatic heterocycles. The molecule has 5 heteroatoms. The zero-order chi connectivity index (χ0) is 15.6. The second kappa shape index (κ2) is 6.34. The van der Waals surface area contributed by atoms with Crippen LogP contribution in [0.2, 0.25) is 0 Å². The fourth-order valence-corrected chi connectivity index (χ4v) is 3.34. The van der Waals surface area contributed by atoms with Crippen LogP contribution in [-0.2, 0) is 4.74 Å². The third kappa shape index (κ3) is 2.99. The van der Waals surface area contributed by atoms with E-state index < -0.39 is 0 Å². The molecule has 0 spiro atoms. The van der Waals surface area contributed by atoms with E-state index in [1.165, 1.54) is 0 Å². The summed E-state index contributed by atoms with van der Waals surface area (Å²) in [5.41, 5.74) is 3.02. The van der Waals surface area contributed by atoms with Crippen molar-refractivity contribution in [1.82, 2.24) is 9.38 Å². The predicted octanol–water partition coefficient (Wildman–Crippen LogP) is 4.35. The van der Waals surface area contributed by atoms with Crippen molar-refractivity contribution in [2.45, 2.75) is 18.9 Å². The van der Waals surface area contributed by atoms with E-state index >= 15 is 0 Å². The first-order chi connectivity index (χ1) is 11.3. The molecule has 1 aliphatic heterocycles. The Hall–Kier alpha value is -1.85. The van der Waals surface area contributed by atoms with Crippen LogP contribution in [0.3, 0.4) is 0 Å². The Morgan fingerprint density at radius 1 is 1.22 bits per heavy atom. The quantitative estimate of drug-likeness (QED) is 0.740. The van der Waals surface area contributed by atoms with Crippen LogP contribution in [-0.4, -0.2) is 28.6 Å². The number of nitrogens with one attached hydrogen (secondary N) is 1. The van der Waals surface area contributed by atoms with Crippen molar-refractivity contribution in [2.24, 2.45) is 0 Å². The van der Waals surface area contributed by atoms with Gasteiger partial charge in [-0.25, -0.2) is 4.98 Å². The minimum atomic E-state index is 0.288. The number of halogens is 1. The zero-order valence-electron chi connectivity index (χ0n) is 12.7. The summed E-state index contributed by atoms with van der Waals surface area (Å²) >= 11 is 3.55. The third-order valence-corrected chi connectivity index (χ3v) is 4.62. The van der Waals surface area contributed by atoms with Gasteiger partial charge in [0.15, 0.2) is 0 Å². The van der Waals surface area contributed by atoms with Gasteiger partial charge in [-0.15, -0.1) is 0 Å². The number of rotatable bonds is 4. The molecule has 0 aliphatic carbocycles. The van der Waals surface area contributed by atoms with E-state index in [0.29, 0.717) is 0 Å². The molecule has 3 aromatic rings. The van der Waals surface area contributed by atoms with Crippen LogP contribution in [0.25, 0.3) is 16.9 Å². The van der Waals surface area contributed by atoms with Crippen molar-refractivity contribution < 1.29 is 4.74 Å². The smallest absolute Gasteiger partial charge is 0.139 e. The van der Waals surface area contributed by atoms with Crippen LogP contribution in [0, 0.1) is 0 Å². The van der Waals surface area contributed by atoms with Gasteiger partial charge in [0.05, 0.1) is 6.10 Å². The minimum absolute atomic E-state index is 0.288. The molecule has 1 aliphatic rings.